The predicted octanol–water partition coefficient (Wildman–Crippen LogP) is 0.719. The minimum absolute atomic E-state index is 0.0704. The first-order chi connectivity index (χ1) is 11.1. The lowest BCUT2D eigenvalue weighted by Gasteiger charge is -2.10. The van der Waals surface area contributed by atoms with Crippen LogP contribution in [0.5, 0.6) is 5.75 Å². The lowest BCUT2D eigenvalue weighted by Crippen LogP contribution is -2.31. The van der Waals surface area contributed by atoms with E-state index in [4.69, 9.17) is 5.73 Å². The third kappa shape index (κ3) is 7.62. The number of alkyl halides is 3. The molecule has 1 aromatic rings. The van der Waals surface area contributed by atoms with Crippen LogP contribution in [0.2, 0.25) is 0 Å². The van der Waals surface area contributed by atoms with Crippen molar-refractivity contribution in [1.29, 1.82) is 0 Å². The molecule has 1 rings (SSSR count). The zero-order valence-corrected chi connectivity index (χ0v) is 13.4. The third-order valence-electron chi connectivity index (χ3n) is 2.71. The third-order valence-corrected chi connectivity index (χ3v) is 4.19. The molecular weight excluding hydrogens is 351 g/mol. The van der Waals surface area contributed by atoms with Crippen LogP contribution in [-0.2, 0) is 14.8 Å². The van der Waals surface area contributed by atoms with Crippen molar-refractivity contribution in [2.75, 3.05) is 19.6 Å². The Morgan fingerprint density at radius 1 is 1.17 bits per heavy atom. The van der Waals surface area contributed by atoms with Crippen LogP contribution in [-0.4, -0.2) is 40.3 Å². The number of nitrogens with two attached hydrogens (primary N) is 1. The van der Waals surface area contributed by atoms with Gasteiger partial charge in [0.25, 0.3) is 0 Å². The number of carbonyl (C=O) groups is 1. The highest BCUT2D eigenvalue weighted by molar-refractivity contribution is 7.89. The number of sulfonamides is 1. The Morgan fingerprint density at radius 2 is 1.79 bits per heavy atom. The molecule has 0 spiro atoms. The number of ether oxygens (including phenoxy) is 1. The number of carbonyl (C=O) groups excluding carboxylic acids is 1. The van der Waals surface area contributed by atoms with Gasteiger partial charge in [0, 0.05) is 19.5 Å². The Morgan fingerprint density at radius 3 is 2.33 bits per heavy atom. The van der Waals surface area contributed by atoms with Gasteiger partial charge in [0.2, 0.25) is 15.9 Å². The van der Waals surface area contributed by atoms with Crippen LogP contribution in [0.15, 0.2) is 29.2 Å². The summed E-state index contributed by atoms with van der Waals surface area (Å²) in [6, 6.07) is 3.73. The van der Waals surface area contributed by atoms with E-state index < -0.39 is 22.1 Å². The van der Waals surface area contributed by atoms with Crippen molar-refractivity contribution in [3.05, 3.63) is 24.3 Å². The molecule has 0 unspecified atom stereocenters. The molecule has 11 heteroatoms. The second kappa shape index (κ2) is 8.85. The molecule has 1 aromatic carbocycles. The highest BCUT2D eigenvalue weighted by Gasteiger charge is 2.31. The van der Waals surface area contributed by atoms with Crippen LogP contribution in [0.25, 0.3) is 0 Å². The molecule has 0 saturated carbocycles. The van der Waals surface area contributed by atoms with E-state index in [9.17, 15) is 26.4 Å². The first-order valence-corrected chi connectivity index (χ1v) is 8.44. The molecule has 0 aromatic heterocycles. The van der Waals surface area contributed by atoms with Crippen molar-refractivity contribution >= 4 is 15.9 Å². The Labute approximate surface area is 137 Å². The molecule has 1 amide bonds. The van der Waals surface area contributed by atoms with Crippen molar-refractivity contribution in [3.63, 3.8) is 0 Å². The normalized spacial score (nSPS) is 12.0. The quantitative estimate of drug-likeness (QED) is 0.556. The van der Waals surface area contributed by atoms with Gasteiger partial charge in [-0.25, -0.2) is 13.1 Å². The smallest absolute Gasteiger partial charge is 0.406 e. The van der Waals surface area contributed by atoms with Crippen molar-refractivity contribution in [2.24, 2.45) is 5.73 Å². The first kappa shape index (κ1) is 20.2. The Bertz CT molecular complexity index is 633. The summed E-state index contributed by atoms with van der Waals surface area (Å²) in [7, 11) is -3.93. The molecule has 0 fully saturated rings. The number of rotatable bonds is 9. The van der Waals surface area contributed by atoms with Crippen LogP contribution >= 0.6 is 0 Å². The van der Waals surface area contributed by atoms with E-state index in [-0.39, 0.29) is 23.8 Å². The summed E-state index contributed by atoms with van der Waals surface area (Å²) in [5.74, 6) is -0.860. The van der Waals surface area contributed by atoms with E-state index in [1.165, 1.54) is 0 Å². The van der Waals surface area contributed by atoms with Gasteiger partial charge in [-0.1, -0.05) is 0 Å². The van der Waals surface area contributed by atoms with Gasteiger partial charge in [0.1, 0.15) is 5.75 Å². The summed E-state index contributed by atoms with van der Waals surface area (Å²) < 4.78 is 65.8. The van der Waals surface area contributed by atoms with E-state index in [0.717, 1.165) is 24.3 Å². The standard InChI is InChI=1S/C13H18F3N3O4S/c14-13(15,16)23-10-2-4-11(5-3-10)24(21,22)19-9-6-12(20)18-8-1-7-17/h2-5,19H,1,6-9,17H2,(H,18,20). The summed E-state index contributed by atoms with van der Waals surface area (Å²) in [4.78, 5) is 11.2. The molecule has 4 N–H and O–H groups in total. The highest BCUT2D eigenvalue weighted by atomic mass is 32.2. The maximum absolute atomic E-state index is 12.0. The SMILES string of the molecule is NCCCNC(=O)CCNS(=O)(=O)c1ccc(OC(F)(F)F)cc1. The van der Waals surface area contributed by atoms with Gasteiger partial charge in [-0.2, -0.15) is 0 Å². The second-order valence-corrected chi connectivity index (χ2v) is 6.43. The zero-order valence-electron chi connectivity index (χ0n) is 12.6. The number of hydrogen-bond acceptors (Lipinski definition) is 5. The summed E-state index contributed by atoms with van der Waals surface area (Å²) in [5, 5.41) is 2.56. The van der Waals surface area contributed by atoms with Crippen molar-refractivity contribution in [2.45, 2.75) is 24.1 Å². The lowest BCUT2D eigenvalue weighted by atomic mass is 10.3. The Kier molecular flexibility index (Phi) is 7.45. The molecule has 24 heavy (non-hydrogen) atoms. The Hall–Kier alpha value is -1.85. The topological polar surface area (TPSA) is 111 Å². The average molecular weight is 369 g/mol. The monoisotopic (exact) mass is 369 g/mol. The number of hydrogen-bond donors (Lipinski definition) is 3. The van der Waals surface area contributed by atoms with E-state index in [0.29, 0.717) is 19.5 Å². The fraction of sp³-hybridized carbons (Fsp3) is 0.462. The predicted molar refractivity (Wildman–Crippen MR) is 79.6 cm³/mol. The average Bonchev–Trinajstić information content (AvgIpc) is 2.46. The molecule has 0 radical (unpaired) electrons. The van der Waals surface area contributed by atoms with Crippen LogP contribution in [0.4, 0.5) is 13.2 Å². The molecule has 136 valence electrons. The van der Waals surface area contributed by atoms with Crippen LogP contribution in [0, 0.1) is 0 Å². The number of amides is 1. The maximum Gasteiger partial charge on any atom is 0.573 e. The molecule has 7 nitrogen and oxygen atoms in total. The minimum Gasteiger partial charge on any atom is -0.406 e. The van der Waals surface area contributed by atoms with Crippen LogP contribution in [0.3, 0.4) is 0 Å². The van der Waals surface area contributed by atoms with Gasteiger partial charge in [-0.15, -0.1) is 13.2 Å². The molecule has 0 heterocycles. The van der Waals surface area contributed by atoms with E-state index >= 15 is 0 Å². The minimum atomic E-state index is -4.85. The lowest BCUT2D eigenvalue weighted by molar-refractivity contribution is -0.274. The summed E-state index contributed by atoms with van der Waals surface area (Å²) in [5.41, 5.74) is 5.27. The molecule has 0 saturated heterocycles. The van der Waals surface area contributed by atoms with E-state index in [1.807, 2.05) is 0 Å². The largest absolute Gasteiger partial charge is 0.573 e. The molecule has 0 aliphatic carbocycles. The van der Waals surface area contributed by atoms with Crippen LogP contribution < -0.4 is 20.5 Å². The first-order valence-electron chi connectivity index (χ1n) is 6.96. The molecule has 0 aliphatic rings. The van der Waals surface area contributed by atoms with Gasteiger partial charge >= 0.3 is 6.36 Å². The van der Waals surface area contributed by atoms with E-state index in [2.05, 4.69) is 14.8 Å². The summed E-state index contributed by atoms with van der Waals surface area (Å²) in [6.45, 7) is 0.696. The summed E-state index contributed by atoms with van der Waals surface area (Å²) in [6.07, 6.45) is -4.31. The maximum atomic E-state index is 12.0. The van der Waals surface area contributed by atoms with Gasteiger partial charge < -0.3 is 15.8 Å². The van der Waals surface area contributed by atoms with Crippen molar-refractivity contribution in [3.8, 4) is 5.75 Å². The fourth-order valence-corrected chi connectivity index (χ4v) is 2.65. The van der Waals surface area contributed by atoms with Crippen molar-refractivity contribution < 1.29 is 31.1 Å². The zero-order chi connectivity index (χ0) is 18.2. The summed E-state index contributed by atoms with van der Waals surface area (Å²) >= 11 is 0. The van der Waals surface area contributed by atoms with Gasteiger partial charge in [0.05, 0.1) is 4.90 Å². The van der Waals surface area contributed by atoms with Gasteiger partial charge in [-0.3, -0.25) is 4.79 Å². The highest BCUT2D eigenvalue weighted by Crippen LogP contribution is 2.23. The van der Waals surface area contributed by atoms with E-state index in [1.54, 1.807) is 0 Å². The fourth-order valence-electron chi connectivity index (χ4n) is 1.62. The molecular formula is C13H18F3N3O4S. The van der Waals surface area contributed by atoms with Gasteiger partial charge in [-0.05, 0) is 37.2 Å². The Balaban J connectivity index is 2.52. The molecule has 0 aliphatic heterocycles. The van der Waals surface area contributed by atoms with Gasteiger partial charge in [0.15, 0.2) is 0 Å². The van der Waals surface area contributed by atoms with Crippen molar-refractivity contribution in [1.82, 2.24) is 10.0 Å². The number of benzene rings is 1. The van der Waals surface area contributed by atoms with Crippen LogP contribution in [0.1, 0.15) is 12.8 Å². The number of nitrogens with one attached hydrogen (secondary N) is 2. The molecule has 0 bridgehead atoms. The number of halogens is 3. The second-order valence-electron chi connectivity index (χ2n) is 4.66. The molecule has 0 atom stereocenters.